The van der Waals surface area contributed by atoms with Crippen molar-refractivity contribution >= 4 is 29.5 Å². The molecule has 8 heteroatoms. The topological polar surface area (TPSA) is 79.4 Å². The van der Waals surface area contributed by atoms with Crippen LogP contribution in [0.4, 0.5) is 16.6 Å². The van der Waals surface area contributed by atoms with Gasteiger partial charge in [0.25, 0.3) is 0 Å². The predicted molar refractivity (Wildman–Crippen MR) is 106 cm³/mol. The molecular weight excluding hydrogens is 366 g/mol. The zero-order valence-electron chi connectivity index (χ0n) is 15.3. The minimum absolute atomic E-state index is 0.230. The first-order valence-electron chi connectivity index (χ1n) is 9.13. The summed E-state index contributed by atoms with van der Waals surface area (Å²) in [6.07, 6.45) is 3.21. The van der Waals surface area contributed by atoms with Gasteiger partial charge in [-0.15, -0.1) is 0 Å². The monoisotopic (exact) mass is 389 g/mol. The van der Waals surface area contributed by atoms with E-state index in [4.69, 9.17) is 16.3 Å². The molecule has 1 fully saturated rings. The average Bonchev–Trinajstić information content (AvgIpc) is 2.69. The van der Waals surface area contributed by atoms with Crippen molar-refractivity contribution in [1.29, 1.82) is 0 Å². The number of piperidine rings is 1. The van der Waals surface area contributed by atoms with E-state index in [1.54, 1.807) is 11.1 Å². The Balaban J connectivity index is 1.49. The highest BCUT2D eigenvalue weighted by atomic mass is 35.5. The molecule has 3 rings (SSSR count). The Morgan fingerprint density at radius 1 is 1.26 bits per heavy atom. The number of carbonyl (C=O) groups is 1. The Morgan fingerprint density at radius 2 is 2.00 bits per heavy atom. The summed E-state index contributed by atoms with van der Waals surface area (Å²) < 4.78 is 5.05. The number of hydrogen-bond donors (Lipinski definition) is 2. The lowest BCUT2D eigenvalue weighted by atomic mass is 10.1. The molecule has 0 saturated carbocycles. The van der Waals surface area contributed by atoms with Crippen LogP contribution in [0.1, 0.15) is 25.3 Å². The molecule has 27 heavy (non-hydrogen) atoms. The lowest BCUT2D eigenvalue weighted by molar-refractivity contribution is 0.0983. The van der Waals surface area contributed by atoms with Crippen LogP contribution in [0.25, 0.3) is 0 Å². The standard InChI is InChI=1S/C19H24ClN5O2/c1-2-27-19(26)25-11-8-16(9-12-25)23-17-7-10-21-18(24-17)22-13-14-3-5-15(20)6-4-14/h3-7,10,16H,2,8-9,11-13H2,1H3,(H2,21,22,23,24). The lowest BCUT2D eigenvalue weighted by Crippen LogP contribution is -2.42. The van der Waals surface area contributed by atoms with E-state index in [1.807, 2.05) is 37.3 Å². The number of hydrogen-bond acceptors (Lipinski definition) is 6. The van der Waals surface area contributed by atoms with Gasteiger partial charge in [-0.3, -0.25) is 0 Å². The number of amides is 1. The van der Waals surface area contributed by atoms with E-state index in [9.17, 15) is 4.79 Å². The van der Waals surface area contributed by atoms with E-state index in [1.165, 1.54) is 0 Å². The molecule has 1 aromatic heterocycles. The first kappa shape index (κ1) is 19.2. The van der Waals surface area contributed by atoms with Gasteiger partial charge in [0, 0.05) is 36.9 Å². The average molecular weight is 390 g/mol. The summed E-state index contributed by atoms with van der Waals surface area (Å²) >= 11 is 5.90. The molecule has 7 nitrogen and oxygen atoms in total. The number of anilines is 2. The van der Waals surface area contributed by atoms with Crippen LogP contribution in [-0.4, -0.2) is 46.7 Å². The first-order chi connectivity index (χ1) is 13.1. The number of nitrogens with one attached hydrogen (secondary N) is 2. The number of ether oxygens (including phenoxy) is 1. The van der Waals surface area contributed by atoms with E-state index in [2.05, 4.69) is 20.6 Å². The van der Waals surface area contributed by atoms with E-state index >= 15 is 0 Å². The van der Waals surface area contributed by atoms with Crippen LogP contribution in [0.2, 0.25) is 5.02 Å². The fourth-order valence-electron chi connectivity index (χ4n) is 2.94. The summed E-state index contributed by atoms with van der Waals surface area (Å²) in [4.78, 5) is 22.3. The maximum Gasteiger partial charge on any atom is 0.409 e. The Labute approximate surface area is 164 Å². The molecule has 0 bridgehead atoms. The molecule has 0 aliphatic carbocycles. The second-order valence-electron chi connectivity index (χ2n) is 6.35. The van der Waals surface area contributed by atoms with Gasteiger partial charge in [0.15, 0.2) is 0 Å². The number of carbonyl (C=O) groups excluding carboxylic acids is 1. The number of benzene rings is 1. The summed E-state index contributed by atoms with van der Waals surface area (Å²) in [5, 5.41) is 7.37. The number of aromatic nitrogens is 2. The van der Waals surface area contributed by atoms with Gasteiger partial charge < -0.3 is 20.3 Å². The van der Waals surface area contributed by atoms with Crippen LogP contribution < -0.4 is 10.6 Å². The highest BCUT2D eigenvalue weighted by molar-refractivity contribution is 6.30. The van der Waals surface area contributed by atoms with E-state index in [0.717, 1.165) is 29.2 Å². The Bertz CT molecular complexity index is 748. The molecule has 2 heterocycles. The molecule has 2 aromatic rings. The molecule has 2 N–H and O–H groups in total. The Hall–Kier alpha value is -2.54. The van der Waals surface area contributed by atoms with Crippen LogP contribution in [0, 0.1) is 0 Å². The van der Waals surface area contributed by atoms with E-state index in [0.29, 0.717) is 32.2 Å². The largest absolute Gasteiger partial charge is 0.450 e. The number of halogens is 1. The summed E-state index contributed by atoms with van der Waals surface area (Å²) in [6.45, 7) is 4.22. The van der Waals surface area contributed by atoms with Gasteiger partial charge >= 0.3 is 6.09 Å². The smallest absolute Gasteiger partial charge is 0.409 e. The quantitative estimate of drug-likeness (QED) is 0.782. The molecule has 1 aliphatic heterocycles. The minimum atomic E-state index is -0.230. The fraction of sp³-hybridized carbons (Fsp3) is 0.421. The van der Waals surface area contributed by atoms with Gasteiger partial charge in [-0.25, -0.2) is 9.78 Å². The van der Waals surface area contributed by atoms with Crippen molar-refractivity contribution < 1.29 is 9.53 Å². The predicted octanol–water partition coefficient (Wildman–Crippen LogP) is 3.77. The summed E-state index contributed by atoms with van der Waals surface area (Å²) in [7, 11) is 0. The van der Waals surface area contributed by atoms with Crippen molar-refractivity contribution in [2.24, 2.45) is 0 Å². The summed E-state index contributed by atoms with van der Waals surface area (Å²) in [6, 6.07) is 9.78. The van der Waals surface area contributed by atoms with Crippen molar-refractivity contribution in [3.8, 4) is 0 Å². The van der Waals surface area contributed by atoms with Crippen LogP contribution in [0.15, 0.2) is 36.5 Å². The molecule has 0 spiro atoms. The number of nitrogens with zero attached hydrogens (tertiary/aromatic N) is 3. The fourth-order valence-corrected chi connectivity index (χ4v) is 3.06. The van der Waals surface area contributed by atoms with Gasteiger partial charge in [0.1, 0.15) is 5.82 Å². The number of rotatable bonds is 6. The van der Waals surface area contributed by atoms with Crippen molar-refractivity contribution in [2.45, 2.75) is 32.4 Å². The van der Waals surface area contributed by atoms with Crippen molar-refractivity contribution in [3.05, 3.63) is 47.1 Å². The molecular formula is C19H24ClN5O2. The second-order valence-corrected chi connectivity index (χ2v) is 6.79. The normalized spacial score (nSPS) is 14.7. The van der Waals surface area contributed by atoms with Crippen molar-refractivity contribution in [1.82, 2.24) is 14.9 Å². The van der Waals surface area contributed by atoms with Crippen molar-refractivity contribution in [3.63, 3.8) is 0 Å². The van der Waals surface area contributed by atoms with Gasteiger partial charge in [-0.05, 0) is 43.5 Å². The first-order valence-corrected chi connectivity index (χ1v) is 9.51. The highest BCUT2D eigenvalue weighted by Crippen LogP contribution is 2.17. The Morgan fingerprint density at radius 3 is 2.70 bits per heavy atom. The zero-order chi connectivity index (χ0) is 19.1. The zero-order valence-corrected chi connectivity index (χ0v) is 16.1. The van der Waals surface area contributed by atoms with E-state index < -0.39 is 0 Å². The van der Waals surface area contributed by atoms with Crippen LogP contribution in [0.3, 0.4) is 0 Å². The third kappa shape index (κ3) is 5.72. The minimum Gasteiger partial charge on any atom is -0.450 e. The molecule has 0 radical (unpaired) electrons. The van der Waals surface area contributed by atoms with E-state index in [-0.39, 0.29) is 12.1 Å². The van der Waals surface area contributed by atoms with Crippen LogP contribution in [-0.2, 0) is 11.3 Å². The van der Waals surface area contributed by atoms with Crippen LogP contribution in [0.5, 0.6) is 0 Å². The van der Waals surface area contributed by atoms with Gasteiger partial charge in [-0.1, -0.05) is 23.7 Å². The summed E-state index contributed by atoms with van der Waals surface area (Å²) in [5.74, 6) is 1.34. The maximum atomic E-state index is 11.8. The molecule has 0 atom stereocenters. The number of likely N-dealkylation sites (tertiary alicyclic amines) is 1. The maximum absolute atomic E-state index is 11.8. The molecule has 1 amide bonds. The molecule has 1 saturated heterocycles. The molecule has 1 aromatic carbocycles. The van der Waals surface area contributed by atoms with Gasteiger partial charge in [0.2, 0.25) is 5.95 Å². The molecule has 144 valence electrons. The van der Waals surface area contributed by atoms with Crippen molar-refractivity contribution in [2.75, 3.05) is 30.3 Å². The molecule has 1 aliphatic rings. The Kier molecular flexibility index (Phi) is 6.70. The second kappa shape index (κ2) is 9.41. The molecule has 0 unspecified atom stereocenters. The van der Waals surface area contributed by atoms with Gasteiger partial charge in [0.05, 0.1) is 6.61 Å². The SMILES string of the molecule is CCOC(=O)N1CCC(Nc2ccnc(NCc3ccc(Cl)cc3)n2)CC1. The third-order valence-corrected chi connectivity index (χ3v) is 4.64. The van der Waals surface area contributed by atoms with Crippen LogP contribution >= 0.6 is 11.6 Å². The highest BCUT2D eigenvalue weighted by Gasteiger charge is 2.23. The van der Waals surface area contributed by atoms with Gasteiger partial charge in [-0.2, -0.15) is 4.98 Å². The summed E-state index contributed by atoms with van der Waals surface area (Å²) in [5.41, 5.74) is 1.10. The lowest BCUT2D eigenvalue weighted by Gasteiger charge is -2.31. The third-order valence-electron chi connectivity index (χ3n) is 4.39.